The minimum atomic E-state index is -0.335. The second-order valence-corrected chi connectivity index (χ2v) is 6.64. The molecule has 0 aliphatic heterocycles. The molecular weight excluding hydrogens is 343 g/mol. The summed E-state index contributed by atoms with van der Waals surface area (Å²) in [5, 5.41) is 6.66. The van der Waals surface area contributed by atoms with Gasteiger partial charge in [0.25, 0.3) is 11.1 Å². The molecule has 6 nitrogen and oxygen atoms in total. The predicted octanol–water partition coefficient (Wildman–Crippen LogP) is 2.85. The topological polar surface area (TPSA) is 91.5 Å². The van der Waals surface area contributed by atoms with Crippen LogP contribution >= 0.6 is 11.3 Å². The molecule has 0 atom stereocenters. The van der Waals surface area contributed by atoms with Gasteiger partial charge in [0.05, 0.1) is 5.39 Å². The third kappa shape index (κ3) is 2.66. The number of H-pyrrole nitrogens is 2. The van der Waals surface area contributed by atoms with E-state index in [1.807, 2.05) is 6.92 Å². The molecule has 0 unspecified atom stereocenters. The van der Waals surface area contributed by atoms with Gasteiger partial charge in [-0.05, 0) is 30.7 Å². The molecule has 0 fully saturated rings. The monoisotopic (exact) mass is 354 g/mol. The van der Waals surface area contributed by atoms with Gasteiger partial charge in [-0.25, -0.2) is 14.5 Å². The van der Waals surface area contributed by atoms with Crippen molar-refractivity contribution in [2.75, 3.05) is 0 Å². The Labute approximate surface area is 144 Å². The van der Waals surface area contributed by atoms with Gasteiger partial charge in [0.15, 0.2) is 5.82 Å². The Morgan fingerprint density at radius 2 is 1.84 bits per heavy atom. The van der Waals surface area contributed by atoms with Crippen molar-refractivity contribution in [3.63, 3.8) is 0 Å². The molecule has 124 valence electrons. The summed E-state index contributed by atoms with van der Waals surface area (Å²) in [7, 11) is 0. The van der Waals surface area contributed by atoms with Gasteiger partial charge in [-0.1, -0.05) is 12.1 Å². The maximum atomic E-state index is 13.2. The van der Waals surface area contributed by atoms with Crippen LogP contribution in [-0.4, -0.2) is 20.2 Å². The highest BCUT2D eigenvalue weighted by atomic mass is 32.1. The highest BCUT2D eigenvalue weighted by Crippen LogP contribution is 2.35. The van der Waals surface area contributed by atoms with E-state index in [1.54, 1.807) is 12.1 Å². The fourth-order valence-electron chi connectivity index (χ4n) is 2.68. The minimum Gasteiger partial charge on any atom is -0.305 e. The highest BCUT2D eigenvalue weighted by molar-refractivity contribution is 7.19. The average molecular weight is 354 g/mol. The van der Waals surface area contributed by atoms with Crippen molar-refractivity contribution < 1.29 is 4.39 Å². The third-order valence-electron chi connectivity index (χ3n) is 3.79. The zero-order valence-electron chi connectivity index (χ0n) is 13.0. The van der Waals surface area contributed by atoms with Crippen molar-refractivity contribution in [3.05, 3.63) is 67.8 Å². The Kier molecular flexibility index (Phi) is 3.54. The highest BCUT2D eigenvalue weighted by Gasteiger charge is 2.17. The fourth-order valence-corrected chi connectivity index (χ4v) is 3.73. The Morgan fingerprint density at radius 3 is 2.52 bits per heavy atom. The lowest BCUT2D eigenvalue weighted by Gasteiger charge is -2.02. The van der Waals surface area contributed by atoms with Gasteiger partial charge in [-0.3, -0.25) is 9.59 Å². The quantitative estimate of drug-likeness (QED) is 0.579. The summed E-state index contributed by atoms with van der Waals surface area (Å²) >= 11 is 1.38. The number of nitrogens with zero attached hydrogens (tertiary/aromatic N) is 2. The fraction of sp³-hybridized carbons (Fsp3) is 0.0588. The van der Waals surface area contributed by atoms with Crippen LogP contribution in [0.1, 0.15) is 4.88 Å². The lowest BCUT2D eigenvalue weighted by Crippen LogP contribution is -2.12. The van der Waals surface area contributed by atoms with E-state index in [9.17, 15) is 14.0 Å². The van der Waals surface area contributed by atoms with E-state index in [-0.39, 0.29) is 22.8 Å². The van der Waals surface area contributed by atoms with E-state index >= 15 is 0 Å². The SMILES string of the molecule is Cc1sc2nc(-c3ccc(=O)[nH]n3)[nH]c(=O)c2c1-c1ccc(F)cc1. The van der Waals surface area contributed by atoms with E-state index < -0.39 is 0 Å². The van der Waals surface area contributed by atoms with Gasteiger partial charge in [-0.2, -0.15) is 5.10 Å². The maximum Gasteiger partial charge on any atom is 0.264 e. The molecule has 3 heterocycles. The molecule has 4 aromatic rings. The first kappa shape index (κ1) is 15.4. The Balaban J connectivity index is 1.95. The van der Waals surface area contributed by atoms with Crippen LogP contribution in [-0.2, 0) is 0 Å². The van der Waals surface area contributed by atoms with E-state index in [1.165, 1.54) is 35.6 Å². The van der Waals surface area contributed by atoms with Crippen molar-refractivity contribution in [2.45, 2.75) is 6.92 Å². The molecule has 0 amide bonds. The number of nitrogens with one attached hydrogen (secondary N) is 2. The molecule has 0 aliphatic carbocycles. The minimum absolute atomic E-state index is 0.278. The zero-order valence-corrected chi connectivity index (χ0v) is 13.8. The molecule has 0 saturated heterocycles. The maximum absolute atomic E-state index is 13.2. The third-order valence-corrected chi connectivity index (χ3v) is 4.79. The number of hydrogen-bond acceptors (Lipinski definition) is 5. The molecule has 1 aromatic carbocycles. The van der Waals surface area contributed by atoms with Crippen LogP contribution in [0.4, 0.5) is 4.39 Å². The number of aryl methyl sites for hydroxylation is 1. The van der Waals surface area contributed by atoms with E-state index in [2.05, 4.69) is 20.2 Å². The number of thiophene rings is 1. The molecule has 0 spiro atoms. The first-order valence-electron chi connectivity index (χ1n) is 7.38. The summed E-state index contributed by atoms with van der Waals surface area (Å²) in [5.74, 6) is -0.0555. The summed E-state index contributed by atoms with van der Waals surface area (Å²) in [6, 6.07) is 8.80. The molecule has 0 aliphatic rings. The van der Waals surface area contributed by atoms with Crippen molar-refractivity contribution in [2.24, 2.45) is 0 Å². The van der Waals surface area contributed by atoms with Crippen molar-refractivity contribution in [1.82, 2.24) is 20.2 Å². The molecule has 4 rings (SSSR count). The molecular formula is C17H11FN4O2S. The standard InChI is InChI=1S/C17H11FN4O2S/c1-8-13(9-2-4-10(18)5-3-9)14-16(24)19-15(20-17(14)25-8)11-6-7-12(23)22-21-11/h2-7H,1H3,(H,22,23)(H,19,20,24). The molecule has 3 aromatic heterocycles. The van der Waals surface area contributed by atoms with E-state index in [0.717, 1.165) is 16.0 Å². The first-order chi connectivity index (χ1) is 12.0. The normalized spacial score (nSPS) is 11.1. The zero-order chi connectivity index (χ0) is 17.6. The van der Waals surface area contributed by atoms with Crippen LogP contribution in [0.15, 0.2) is 46.0 Å². The van der Waals surface area contributed by atoms with Crippen molar-refractivity contribution >= 4 is 21.6 Å². The summed E-state index contributed by atoms with van der Waals surface area (Å²) in [4.78, 5) is 32.4. The predicted molar refractivity (Wildman–Crippen MR) is 94.2 cm³/mol. The van der Waals surface area contributed by atoms with Crippen LogP contribution in [0.5, 0.6) is 0 Å². The number of aromatic amines is 2. The molecule has 8 heteroatoms. The number of rotatable bonds is 2. The van der Waals surface area contributed by atoms with Gasteiger partial charge in [0.1, 0.15) is 16.3 Å². The Morgan fingerprint density at radius 1 is 1.08 bits per heavy atom. The average Bonchev–Trinajstić information content (AvgIpc) is 2.93. The van der Waals surface area contributed by atoms with Gasteiger partial charge in [0.2, 0.25) is 0 Å². The second kappa shape index (κ2) is 5.75. The first-order valence-corrected chi connectivity index (χ1v) is 8.20. The van der Waals surface area contributed by atoms with Crippen molar-refractivity contribution in [3.8, 4) is 22.6 Å². The largest absolute Gasteiger partial charge is 0.305 e. The van der Waals surface area contributed by atoms with Gasteiger partial charge in [0, 0.05) is 16.5 Å². The van der Waals surface area contributed by atoms with E-state index in [4.69, 9.17) is 0 Å². The molecule has 25 heavy (non-hydrogen) atoms. The van der Waals surface area contributed by atoms with Crippen LogP contribution < -0.4 is 11.1 Å². The van der Waals surface area contributed by atoms with Crippen LogP contribution in [0, 0.1) is 12.7 Å². The molecule has 0 radical (unpaired) electrons. The van der Waals surface area contributed by atoms with Gasteiger partial charge in [-0.15, -0.1) is 11.3 Å². The molecule has 0 saturated carbocycles. The lowest BCUT2D eigenvalue weighted by atomic mass is 10.0. The molecule has 0 bridgehead atoms. The number of halogens is 1. The van der Waals surface area contributed by atoms with Crippen LogP contribution in [0.2, 0.25) is 0 Å². The summed E-state index contributed by atoms with van der Waals surface area (Å²) in [6.07, 6.45) is 0. The lowest BCUT2D eigenvalue weighted by molar-refractivity contribution is 0.628. The smallest absolute Gasteiger partial charge is 0.264 e. The van der Waals surface area contributed by atoms with Crippen molar-refractivity contribution in [1.29, 1.82) is 0 Å². The van der Waals surface area contributed by atoms with E-state index in [0.29, 0.717) is 15.9 Å². The summed E-state index contributed by atoms with van der Waals surface area (Å²) in [5.41, 5.74) is 1.23. The number of hydrogen-bond donors (Lipinski definition) is 2. The number of benzene rings is 1. The summed E-state index contributed by atoms with van der Waals surface area (Å²) < 4.78 is 13.2. The summed E-state index contributed by atoms with van der Waals surface area (Å²) in [6.45, 7) is 1.89. The van der Waals surface area contributed by atoms with Crippen LogP contribution in [0.25, 0.3) is 32.9 Å². The Hall–Kier alpha value is -3.13. The van der Waals surface area contributed by atoms with Gasteiger partial charge < -0.3 is 4.98 Å². The number of aromatic nitrogens is 4. The van der Waals surface area contributed by atoms with Gasteiger partial charge >= 0.3 is 0 Å². The Bertz CT molecular complexity index is 1190. The second-order valence-electron chi connectivity index (χ2n) is 5.44. The number of fused-ring (bicyclic) bond motifs is 1. The molecule has 2 N–H and O–H groups in total. The van der Waals surface area contributed by atoms with Crippen LogP contribution in [0.3, 0.4) is 0 Å².